The van der Waals surface area contributed by atoms with Crippen LogP contribution in [0.1, 0.15) is 11.8 Å². The number of H-pyrrole nitrogens is 1. The Hall–Kier alpha value is -2.47. The summed E-state index contributed by atoms with van der Waals surface area (Å²) in [6.45, 7) is -0.496. The van der Waals surface area contributed by atoms with Crippen LogP contribution in [-0.2, 0) is 4.74 Å². The van der Waals surface area contributed by atoms with Crippen molar-refractivity contribution < 1.29 is 20.1 Å². The predicted molar refractivity (Wildman–Crippen MR) is 78.8 cm³/mol. The number of nitrogens with one attached hydrogen (secondary N) is 2. The number of nitrogens with zero attached hydrogens (tertiary/aromatic N) is 2. The van der Waals surface area contributed by atoms with Crippen LogP contribution < -0.4 is 17.0 Å². The summed E-state index contributed by atoms with van der Waals surface area (Å²) in [4.78, 5) is 18.4. The Morgan fingerprint density at radius 3 is 2.74 bits per heavy atom. The number of hydrogen-bond acceptors (Lipinski definition) is 8. The fraction of sp³-hybridized carbons (Fsp3) is 0.417. The van der Waals surface area contributed by atoms with E-state index < -0.39 is 36.7 Å². The Morgan fingerprint density at radius 1 is 1.48 bits per heavy atom. The van der Waals surface area contributed by atoms with Crippen molar-refractivity contribution >= 4 is 22.8 Å². The Kier molecular flexibility index (Phi) is 3.56. The van der Waals surface area contributed by atoms with E-state index in [9.17, 15) is 15.0 Å². The van der Waals surface area contributed by atoms with Crippen LogP contribution >= 0.6 is 0 Å². The van der Waals surface area contributed by atoms with Gasteiger partial charge < -0.3 is 36.1 Å². The highest BCUT2D eigenvalue weighted by molar-refractivity contribution is 6.06. The zero-order valence-corrected chi connectivity index (χ0v) is 11.8. The van der Waals surface area contributed by atoms with E-state index in [1.165, 1.54) is 10.8 Å². The molecule has 0 radical (unpaired) electrons. The molecule has 0 aromatic carbocycles. The summed E-state index contributed by atoms with van der Waals surface area (Å²) in [5.41, 5.74) is 10.6. The van der Waals surface area contributed by atoms with Crippen molar-refractivity contribution in [3.63, 3.8) is 0 Å². The minimum Gasteiger partial charge on any atom is -0.394 e. The molecule has 0 bridgehead atoms. The number of hydrogen-bond donors (Lipinski definition) is 7. The van der Waals surface area contributed by atoms with Gasteiger partial charge in [-0.15, -0.1) is 0 Å². The van der Waals surface area contributed by atoms with Crippen molar-refractivity contribution in [1.82, 2.24) is 14.5 Å². The molecule has 9 N–H and O–H groups in total. The van der Waals surface area contributed by atoms with Crippen LogP contribution in [-0.4, -0.2) is 60.6 Å². The fourth-order valence-electron chi connectivity index (χ4n) is 2.68. The van der Waals surface area contributed by atoms with Gasteiger partial charge in [0.15, 0.2) is 11.9 Å². The monoisotopic (exact) mass is 324 g/mol. The average Bonchev–Trinajstić information content (AvgIpc) is 2.99. The van der Waals surface area contributed by atoms with Crippen LogP contribution in [0.4, 0.5) is 5.95 Å². The molecule has 3 rings (SSSR count). The quantitative estimate of drug-likeness (QED) is 0.232. The van der Waals surface area contributed by atoms with Crippen LogP contribution in [0.2, 0.25) is 0 Å². The van der Waals surface area contributed by atoms with E-state index in [1.807, 2.05) is 0 Å². The van der Waals surface area contributed by atoms with E-state index in [0.29, 0.717) is 0 Å². The van der Waals surface area contributed by atoms with E-state index in [4.69, 9.17) is 26.7 Å². The standard InChI is InChI=1S/C12H16N6O5/c13-8(14)3-1-18(9-5(3)10(22)17-12(15)16-9)11-7(21)6(20)4(2-19)23-11/h1,4,6-7,11,19-21H,2H2,(H3,13,14)(H3,15,16,17,22). The molecule has 0 saturated carbocycles. The van der Waals surface area contributed by atoms with E-state index in [2.05, 4.69) is 9.97 Å². The number of nitrogens with two attached hydrogens (primary N) is 2. The first kappa shape index (κ1) is 15.4. The highest BCUT2D eigenvalue weighted by Gasteiger charge is 2.44. The number of fused-ring (bicyclic) bond motifs is 1. The Balaban J connectivity index is 2.23. The molecule has 11 heteroatoms. The summed E-state index contributed by atoms with van der Waals surface area (Å²) in [7, 11) is 0. The van der Waals surface area contributed by atoms with Gasteiger partial charge in [-0.3, -0.25) is 15.2 Å². The first-order valence-electron chi connectivity index (χ1n) is 6.72. The number of anilines is 1. The average molecular weight is 324 g/mol. The Labute approximate surface area is 128 Å². The molecule has 23 heavy (non-hydrogen) atoms. The minimum absolute atomic E-state index is 0.0180. The molecule has 2 aromatic rings. The molecule has 11 nitrogen and oxygen atoms in total. The van der Waals surface area contributed by atoms with Gasteiger partial charge in [0, 0.05) is 11.8 Å². The van der Waals surface area contributed by atoms with Gasteiger partial charge in [0.2, 0.25) is 5.95 Å². The summed E-state index contributed by atoms with van der Waals surface area (Å²) in [6.07, 6.45) is -3.49. The zero-order valence-electron chi connectivity index (χ0n) is 11.8. The van der Waals surface area contributed by atoms with Crippen molar-refractivity contribution in [2.24, 2.45) is 5.73 Å². The third kappa shape index (κ3) is 2.26. The summed E-state index contributed by atoms with van der Waals surface area (Å²) in [5.74, 6) is -0.540. The van der Waals surface area contributed by atoms with Gasteiger partial charge in [-0.25, -0.2) is 0 Å². The lowest BCUT2D eigenvalue weighted by Gasteiger charge is -2.17. The SMILES string of the molecule is N=C(N)c1cn(C2OC(CO)C(O)C2O)c2nc(N)[nH]c(=O)c12. The summed E-state index contributed by atoms with van der Waals surface area (Å²) >= 11 is 0. The second-order valence-electron chi connectivity index (χ2n) is 5.24. The fourth-order valence-corrected chi connectivity index (χ4v) is 2.68. The minimum atomic E-state index is -1.37. The van der Waals surface area contributed by atoms with E-state index in [-0.39, 0.29) is 28.4 Å². The molecular formula is C12H16N6O5. The summed E-state index contributed by atoms with van der Waals surface area (Å²) < 4.78 is 6.68. The highest BCUT2D eigenvalue weighted by Crippen LogP contribution is 2.32. The third-order valence-electron chi connectivity index (χ3n) is 3.78. The van der Waals surface area contributed by atoms with Crippen molar-refractivity contribution in [1.29, 1.82) is 5.41 Å². The third-order valence-corrected chi connectivity index (χ3v) is 3.78. The molecular weight excluding hydrogens is 308 g/mol. The second-order valence-corrected chi connectivity index (χ2v) is 5.24. The summed E-state index contributed by atoms with van der Waals surface area (Å²) in [6, 6.07) is 0. The lowest BCUT2D eigenvalue weighted by atomic mass is 10.1. The number of aromatic nitrogens is 3. The molecule has 1 saturated heterocycles. The predicted octanol–water partition coefficient (Wildman–Crippen LogP) is -2.80. The smallest absolute Gasteiger partial charge is 0.262 e. The first-order valence-corrected chi connectivity index (χ1v) is 6.72. The maximum absolute atomic E-state index is 12.1. The number of rotatable bonds is 3. The van der Waals surface area contributed by atoms with Gasteiger partial charge in [-0.05, 0) is 0 Å². The van der Waals surface area contributed by atoms with Crippen LogP contribution in [0.15, 0.2) is 11.0 Å². The molecule has 4 atom stereocenters. The number of ether oxygens (including phenoxy) is 1. The van der Waals surface area contributed by atoms with Crippen LogP contribution in [0.5, 0.6) is 0 Å². The lowest BCUT2D eigenvalue weighted by Crippen LogP contribution is -2.33. The molecule has 2 aromatic heterocycles. The Bertz CT molecular complexity index is 829. The molecule has 4 unspecified atom stereocenters. The number of nitrogen functional groups attached to an aromatic ring is 2. The number of aliphatic hydroxyl groups is 3. The van der Waals surface area contributed by atoms with Gasteiger partial charge in [-0.1, -0.05) is 0 Å². The van der Waals surface area contributed by atoms with Crippen LogP contribution in [0, 0.1) is 5.41 Å². The molecule has 0 spiro atoms. The van der Waals surface area contributed by atoms with E-state index in [1.54, 1.807) is 0 Å². The molecule has 0 amide bonds. The van der Waals surface area contributed by atoms with Crippen molar-refractivity contribution in [3.05, 3.63) is 22.1 Å². The van der Waals surface area contributed by atoms with Gasteiger partial charge in [0.05, 0.1) is 12.0 Å². The molecule has 3 heterocycles. The number of aromatic amines is 1. The zero-order chi connectivity index (χ0) is 16.9. The maximum atomic E-state index is 12.1. The number of aliphatic hydroxyl groups excluding tert-OH is 3. The maximum Gasteiger partial charge on any atom is 0.262 e. The van der Waals surface area contributed by atoms with Gasteiger partial charge in [0.1, 0.15) is 24.1 Å². The highest BCUT2D eigenvalue weighted by atomic mass is 16.6. The van der Waals surface area contributed by atoms with Crippen LogP contribution in [0.3, 0.4) is 0 Å². The van der Waals surface area contributed by atoms with E-state index >= 15 is 0 Å². The van der Waals surface area contributed by atoms with Crippen LogP contribution in [0.25, 0.3) is 11.0 Å². The van der Waals surface area contributed by atoms with Gasteiger partial charge >= 0.3 is 0 Å². The molecule has 1 aliphatic rings. The normalized spacial score (nSPS) is 27.6. The Morgan fingerprint density at radius 2 is 2.17 bits per heavy atom. The van der Waals surface area contributed by atoms with Crippen molar-refractivity contribution in [3.8, 4) is 0 Å². The summed E-state index contributed by atoms with van der Waals surface area (Å²) in [5, 5.41) is 36.7. The first-order chi connectivity index (χ1) is 10.8. The molecule has 1 fully saturated rings. The molecule has 1 aliphatic heterocycles. The second kappa shape index (κ2) is 5.31. The number of amidine groups is 1. The van der Waals surface area contributed by atoms with Gasteiger partial charge in [0.25, 0.3) is 5.56 Å². The largest absolute Gasteiger partial charge is 0.394 e. The molecule has 124 valence electrons. The van der Waals surface area contributed by atoms with E-state index in [0.717, 1.165) is 0 Å². The molecule has 0 aliphatic carbocycles. The van der Waals surface area contributed by atoms with Crippen molar-refractivity contribution in [2.45, 2.75) is 24.5 Å². The topological polar surface area (TPSA) is 196 Å². The lowest BCUT2D eigenvalue weighted by molar-refractivity contribution is -0.0508. The van der Waals surface area contributed by atoms with Gasteiger partial charge in [-0.2, -0.15) is 4.98 Å². The van der Waals surface area contributed by atoms with Crippen molar-refractivity contribution in [2.75, 3.05) is 12.3 Å².